The lowest BCUT2D eigenvalue weighted by Crippen LogP contribution is -2.09. The topological polar surface area (TPSA) is 58.6 Å². The average molecular weight is 249 g/mol. The van der Waals surface area contributed by atoms with E-state index < -0.39 is 0 Å². The Kier molecular flexibility index (Phi) is 2.90. The Morgan fingerprint density at radius 3 is 2.58 bits per heavy atom. The van der Waals surface area contributed by atoms with Crippen LogP contribution < -0.4 is 5.43 Å². The number of H-pyrrole nitrogens is 1. The monoisotopic (exact) mass is 249 g/mol. The van der Waals surface area contributed by atoms with Crippen LogP contribution >= 0.6 is 0 Å². The molecule has 0 fully saturated rings. The van der Waals surface area contributed by atoms with E-state index in [0.717, 1.165) is 5.56 Å². The number of aromatic nitrogens is 3. The fourth-order valence-electron chi connectivity index (χ4n) is 1.93. The average Bonchev–Trinajstić information content (AvgIpc) is 2.49. The molecule has 0 aliphatic carbocycles. The summed E-state index contributed by atoms with van der Waals surface area (Å²) >= 11 is 0. The third-order valence-electron chi connectivity index (χ3n) is 2.86. The second kappa shape index (κ2) is 4.86. The predicted molar refractivity (Wildman–Crippen MR) is 73.5 cm³/mol. The molecule has 19 heavy (non-hydrogen) atoms. The van der Waals surface area contributed by atoms with Gasteiger partial charge in [0.25, 0.3) is 0 Å². The summed E-state index contributed by atoms with van der Waals surface area (Å²) in [5.41, 5.74) is 2.56. The minimum atomic E-state index is -0.0505. The molecule has 3 aromatic rings. The van der Waals surface area contributed by atoms with Crippen LogP contribution in [0.1, 0.15) is 0 Å². The van der Waals surface area contributed by atoms with E-state index in [-0.39, 0.29) is 5.43 Å². The van der Waals surface area contributed by atoms with Crippen molar-refractivity contribution in [2.24, 2.45) is 0 Å². The molecule has 0 spiro atoms. The first kappa shape index (κ1) is 11.3. The maximum Gasteiger partial charge on any atom is 0.198 e. The van der Waals surface area contributed by atoms with Gasteiger partial charge < -0.3 is 4.98 Å². The smallest absolute Gasteiger partial charge is 0.198 e. The standard InChI is InChI=1S/C15H11N3O/c19-15-12(11-4-3-6-16-8-11)9-17-10-13(15)14-5-1-2-7-18-14/h1-10H,(H,17,19). The molecule has 0 saturated carbocycles. The highest BCUT2D eigenvalue weighted by atomic mass is 16.1. The molecule has 0 aromatic carbocycles. The van der Waals surface area contributed by atoms with Gasteiger partial charge in [-0.3, -0.25) is 14.8 Å². The summed E-state index contributed by atoms with van der Waals surface area (Å²) in [5.74, 6) is 0. The molecular weight excluding hydrogens is 238 g/mol. The summed E-state index contributed by atoms with van der Waals surface area (Å²) in [7, 11) is 0. The Bertz CT molecular complexity index is 675. The molecule has 4 heteroatoms. The molecule has 0 atom stereocenters. The van der Waals surface area contributed by atoms with Gasteiger partial charge in [-0.25, -0.2) is 0 Å². The molecule has 0 amide bonds. The third-order valence-corrected chi connectivity index (χ3v) is 2.86. The Balaban J connectivity index is 2.18. The Labute approximate surface area is 109 Å². The van der Waals surface area contributed by atoms with Gasteiger partial charge in [0, 0.05) is 42.1 Å². The second-order valence-electron chi connectivity index (χ2n) is 4.07. The summed E-state index contributed by atoms with van der Waals surface area (Å²) in [6.45, 7) is 0. The lowest BCUT2D eigenvalue weighted by molar-refractivity contribution is 1.25. The van der Waals surface area contributed by atoms with Gasteiger partial charge in [-0.05, 0) is 18.2 Å². The normalized spacial score (nSPS) is 10.3. The van der Waals surface area contributed by atoms with Gasteiger partial charge >= 0.3 is 0 Å². The number of hydrogen-bond donors (Lipinski definition) is 1. The minimum Gasteiger partial charge on any atom is -0.366 e. The molecule has 0 aliphatic rings. The zero-order valence-electron chi connectivity index (χ0n) is 10.1. The molecule has 0 saturated heterocycles. The first-order chi connectivity index (χ1) is 9.36. The molecule has 3 heterocycles. The summed E-state index contributed by atoms with van der Waals surface area (Å²) in [5, 5.41) is 0. The van der Waals surface area contributed by atoms with Gasteiger partial charge in [-0.15, -0.1) is 0 Å². The maximum atomic E-state index is 12.5. The van der Waals surface area contributed by atoms with Crippen LogP contribution in [0.4, 0.5) is 0 Å². The van der Waals surface area contributed by atoms with Crippen LogP contribution in [0.15, 0.2) is 66.1 Å². The van der Waals surface area contributed by atoms with E-state index in [2.05, 4.69) is 15.0 Å². The highest BCUT2D eigenvalue weighted by Gasteiger charge is 2.09. The number of pyridine rings is 3. The number of aromatic amines is 1. The van der Waals surface area contributed by atoms with Crippen LogP contribution in [0.2, 0.25) is 0 Å². The number of hydrogen-bond acceptors (Lipinski definition) is 3. The van der Waals surface area contributed by atoms with Crippen molar-refractivity contribution in [3.63, 3.8) is 0 Å². The van der Waals surface area contributed by atoms with Crippen molar-refractivity contribution in [1.29, 1.82) is 0 Å². The van der Waals surface area contributed by atoms with Crippen LogP contribution in [-0.2, 0) is 0 Å². The van der Waals surface area contributed by atoms with Crippen LogP contribution in [0.25, 0.3) is 22.4 Å². The van der Waals surface area contributed by atoms with Crippen LogP contribution in [0.5, 0.6) is 0 Å². The fraction of sp³-hybridized carbons (Fsp3) is 0. The highest BCUT2D eigenvalue weighted by Crippen LogP contribution is 2.17. The van der Waals surface area contributed by atoms with Crippen molar-refractivity contribution in [1.82, 2.24) is 15.0 Å². The second-order valence-corrected chi connectivity index (χ2v) is 4.07. The Hall–Kier alpha value is -2.75. The van der Waals surface area contributed by atoms with Crippen molar-refractivity contribution in [3.8, 4) is 22.4 Å². The molecule has 0 unspecified atom stereocenters. The lowest BCUT2D eigenvalue weighted by Gasteiger charge is -2.03. The minimum absolute atomic E-state index is 0.0505. The van der Waals surface area contributed by atoms with Gasteiger partial charge in [0.15, 0.2) is 5.43 Å². The van der Waals surface area contributed by atoms with Crippen molar-refractivity contribution in [2.75, 3.05) is 0 Å². The van der Waals surface area contributed by atoms with Crippen LogP contribution in [0, 0.1) is 0 Å². The quantitative estimate of drug-likeness (QED) is 0.759. The lowest BCUT2D eigenvalue weighted by atomic mass is 10.1. The first-order valence-corrected chi connectivity index (χ1v) is 5.89. The van der Waals surface area contributed by atoms with Crippen molar-refractivity contribution in [2.45, 2.75) is 0 Å². The molecule has 92 valence electrons. The first-order valence-electron chi connectivity index (χ1n) is 5.89. The zero-order valence-corrected chi connectivity index (χ0v) is 10.1. The molecule has 1 N–H and O–H groups in total. The van der Waals surface area contributed by atoms with Gasteiger partial charge in [0.1, 0.15) is 0 Å². The fourth-order valence-corrected chi connectivity index (χ4v) is 1.93. The Morgan fingerprint density at radius 2 is 1.84 bits per heavy atom. The van der Waals surface area contributed by atoms with Crippen LogP contribution in [0.3, 0.4) is 0 Å². The third kappa shape index (κ3) is 2.15. The number of nitrogens with zero attached hydrogens (tertiary/aromatic N) is 2. The van der Waals surface area contributed by atoms with Crippen molar-refractivity contribution in [3.05, 3.63) is 71.5 Å². The summed E-state index contributed by atoms with van der Waals surface area (Å²) in [6.07, 6.45) is 8.38. The molecule has 0 aliphatic heterocycles. The number of rotatable bonds is 2. The zero-order chi connectivity index (χ0) is 13.1. The summed E-state index contributed by atoms with van der Waals surface area (Å²) in [4.78, 5) is 23.7. The van der Waals surface area contributed by atoms with Gasteiger partial charge in [0.2, 0.25) is 0 Å². The van der Waals surface area contributed by atoms with E-state index in [1.807, 2.05) is 30.3 Å². The van der Waals surface area contributed by atoms with Crippen molar-refractivity contribution < 1.29 is 0 Å². The van der Waals surface area contributed by atoms with Crippen molar-refractivity contribution >= 4 is 0 Å². The largest absolute Gasteiger partial charge is 0.366 e. The van der Waals surface area contributed by atoms with Gasteiger partial charge in [-0.1, -0.05) is 12.1 Å². The van der Waals surface area contributed by atoms with E-state index in [9.17, 15) is 4.79 Å². The molecule has 3 aromatic heterocycles. The van der Waals surface area contributed by atoms with E-state index in [0.29, 0.717) is 16.8 Å². The van der Waals surface area contributed by atoms with E-state index >= 15 is 0 Å². The summed E-state index contributed by atoms with van der Waals surface area (Å²) < 4.78 is 0. The summed E-state index contributed by atoms with van der Waals surface area (Å²) in [6, 6.07) is 9.17. The predicted octanol–water partition coefficient (Wildman–Crippen LogP) is 2.50. The Morgan fingerprint density at radius 1 is 0.947 bits per heavy atom. The van der Waals surface area contributed by atoms with E-state index in [1.54, 1.807) is 31.0 Å². The molecule has 3 rings (SSSR count). The van der Waals surface area contributed by atoms with Gasteiger partial charge in [0.05, 0.1) is 11.3 Å². The SMILES string of the molecule is O=c1c(-c2cccnc2)c[nH]cc1-c1ccccn1. The molecule has 4 nitrogen and oxygen atoms in total. The highest BCUT2D eigenvalue weighted by molar-refractivity contribution is 5.69. The van der Waals surface area contributed by atoms with Gasteiger partial charge in [-0.2, -0.15) is 0 Å². The van der Waals surface area contributed by atoms with E-state index in [4.69, 9.17) is 0 Å². The van der Waals surface area contributed by atoms with E-state index in [1.165, 1.54) is 0 Å². The van der Waals surface area contributed by atoms with Crippen LogP contribution in [-0.4, -0.2) is 15.0 Å². The molecule has 0 radical (unpaired) electrons. The number of nitrogens with one attached hydrogen (secondary N) is 1. The molecular formula is C15H11N3O. The maximum absolute atomic E-state index is 12.5. The molecule has 0 bridgehead atoms.